The highest BCUT2D eigenvalue weighted by Gasteiger charge is 2.05. The van der Waals surface area contributed by atoms with Gasteiger partial charge in [-0.05, 0) is 19.1 Å². The SMILES string of the molecule is Cc1nnc(-c2cccc(NC(=O)O)c2)nn1. The molecule has 0 aliphatic carbocycles. The summed E-state index contributed by atoms with van der Waals surface area (Å²) in [5, 5.41) is 26.2. The molecule has 0 aliphatic heterocycles. The van der Waals surface area contributed by atoms with Gasteiger partial charge in [0.15, 0.2) is 5.82 Å². The van der Waals surface area contributed by atoms with E-state index in [9.17, 15) is 4.79 Å². The third-order valence-electron chi connectivity index (χ3n) is 1.95. The molecule has 2 rings (SSSR count). The molecule has 7 heteroatoms. The smallest absolute Gasteiger partial charge is 0.409 e. The third-order valence-corrected chi connectivity index (χ3v) is 1.95. The van der Waals surface area contributed by atoms with Gasteiger partial charge >= 0.3 is 6.09 Å². The molecule has 1 aromatic carbocycles. The Hall–Kier alpha value is -2.57. The van der Waals surface area contributed by atoms with Crippen LogP contribution in [-0.4, -0.2) is 31.6 Å². The lowest BCUT2D eigenvalue weighted by atomic mass is 10.2. The van der Waals surface area contributed by atoms with Crippen LogP contribution in [0.25, 0.3) is 11.4 Å². The molecule has 0 unspecified atom stereocenters. The van der Waals surface area contributed by atoms with E-state index in [2.05, 4.69) is 25.7 Å². The molecule has 0 saturated carbocycles. The Morgan fingerprint density at radius 2 is 1.94 bits per heavy atom. The maximum absolute atomic E-state index is 10.5. The molecule has 7 nitrogen and oxygen atoms in total. The Balaban J connectivity index is 2.32. The van der Waals surface area contributed by atoms with Gasteiger partial charge in [-0.3, -0.25) is 5.32 Å². The summed E-state index contributed by atoms with van der Waals surface area (Å²) in [5.41, 5.74) is 1.09. The lowest BCUT2D eigenvalue weighted by Gasteiger charge is -2.02. The van der Waals surface area contributed by atoms with E-state index in [0.29, 0.717) is 22.9 Å². The summed E-state index contributed by atoms with van der Waals surface area (Å²) in [4.78, 5) is 10.5. The molecule has 0 saturated heterocycles. The summed E-state index contributed by atoms with van der Waals surface area (Å²) in [6.45, 7) is 1.69. The van der Waals surface area contributed by atoms with Gasteiger partial charge in [-0.25, -0.2) is 4.79 Å². The highest BCUT2D eigenvalue weighted by Crippen LogP contribution is 2.17. The first-order valence-electron chi connectivity index (χ1n) is 4.79. The van der Waals surface area contributed by atoms with E-state index >= 15 is 0 Å². The van der Waals surface area contributed by atoms with Crippen LogP contribution in [0.2, 0.25) is 0 Å². The Morgan fingerprint density at radius 1 is 1.24 bits per heavy atom. The molecule has 0 bridgehead atoms. The Bertz CT molecular complexity index is 541. The van der Waals surface area contributed by atoms with Gasteiger partial charge in [-0.1, -0.05) is 12.1 Å². The number of nitrogens with zero attached hydrogens (tertiary/aromatic N) is 4. The molecule has 1 amide bonds. The molecular formula is C10H9N5O2. The second kappa shape index (κ2) is 4.52. The van der Waals surface area contributed by atoms with Gasteiger partial charge in [0, 0.05) is 11.3 Å². The first-order valence-corrected chi connectivity index (χ1v) is 4.79. The minimum Gasteiger partial charge on any atom is -0.465 e. The molecule has 17 heavy (non-hydrogen) atoms. The van der Waals surface area contributed by atoms with Crippen LogP contribution in [0.1, 0.15) is 5.82 Å². The predicted octanol–water partition coefficient (Wildman–Crippen LogP) is 1.33. The molecule has 0 fully saturated rings. The molecule has 0 spiro atoms. The highest BCUT2D eigenvalue weighted by molar-refractivity contribution is 5.83. The number of amides is 1. The molecule has 1 heterocycles. The van der Waals surface area contributed by atoms with Crippen LogP contribution in [0.5, 0.6) is 0 Å². The van der Waals surface area contributed by atoms with Gasteiger partial charge in [-0.15, -0.1) is 20.4 Å². The largest absolute Gasteiger partial charge is 0.465 e. The van der Waals surface area contributed by atoms with Gasteiger partial charge < -0.3 is 5.11 Å². The second-order valence-corrected chi connectivity index (χ2v) is 3.28. The zero-order chi connectivity index (χ0) is 12.3. The van der Waals surface area contributed by atoms with Crippen LogP contribution in [0, 0.1) is 6.92 Å². The van der Waals surface area contributed by atoms with Crippen LogP contribution in [-0.2, 0) is 0 Å². The first-order chi connectivity index (χ1) is 8.15. The summed E-state index contributed by atoms with van der Waals surface area (Å²) >= 11 is 0. The Kier molecular flexibility index (Phi) is 2.91. The Morgan fingerprint density at radius 3 is 2.59 bits per heavy atom. The summed E-state index contributed by atoms with van der Waals surface area (Å²) in [7, 11) is 0. The molecule has 2 aromatic rings. The number of benzene rings is 1. The molecule has 0 atom stereocenters. The van der Waals surface area contributed by atoms with E-state index in [1.807, 2.05) is 0 Å². The highest BCUT2D eigenvalue weighted by atomic mass is 16.4. The van der Waals surface area contributed by atoms with E-state index in [0.717, 1.165) is 0 Å². The van der Waals surface area contributed by atoms with Gasteiger partial charge in [0.1, 0.15) is 0 Å². The third kappa shape index (κ3) is 2.71. The fourth-order valence-electron chi connectivity index (χ4n) is 1.25. The summed E-state index contributed by atoms with van der Waals surface area (Å²) in [6.07, 6.45) is -1.12. The van der Waals surface area contributed by atoms with Crippen molar-refractivity contribution in [1.29, 1.82) is 0 Å². The number of anilines is 1. The van der Waals surface area contributed by atoms with Gasteiger partial charge in [-0.2, -0.15) is 0 Å². The number of rotatable bonds is 2. The second-order valence-electron chi connectivity index (χ2n) is 3.28. The predicted molar refractivity (Wildman–Crippen MR) is 59.4 cm³/mol. The maximum Gasteiger partial charge on any atom is 0.409 e. The van der Waals surface area contributed by atoms with E-state index in [1.165, 1.54) is 0 Å². The van der Waals surface area contributed by atoms with Crippen molar-refractivity contribution in [2.45, 2.75) is 6.92 Å². The molecule has 0 aliphatic rings. The van der Waals surface area contributed by atoms with Crippen molar-refractivity contribution in [3.05, 3.63) is 30.1 Å². The standard InChI is InChI=1S/C10H9N5O2/c1-6-12-14-9(15-13-6)7-3-2-4-8(5-7)11-10(16)17/h2-5,11H,1H3,(H,16,17). The number of hydrogen-bond donors (Lipinski definition) is 2. The summed E-state index contributed by atoms with van der Waals surface area (Å²) < 4.78 is 0. The van der Waals surface area contributed by atoms with Crippen molar-refractivity contribution in [3.8, 4) is 11.4 Å². The minimum atomic E-state index is -1.12. The normalized spacial score (nSPS) is 9.94. The van der Waals surface area contributed by atoms with Crippen LogP contribution < -0.4 is 5.32 Å². The van der Waals surface area contributed by atoms with Crippen LogP contribution in [0.15, 0.2) is 24.3 Å². The Labute approximate surface area is 96.5 Å². The number of aromatic nitrogens is 4. The average Bonchev–Trinajstić information content (AvgIpc) is 2.29. The molecule has 1 aromatic heterocycles. The van der Waals surface area contributed by atoms with Crippen LogP contribution >= 0.6 is 0 Å². The van der Waals surface area contributed by atoms with E-state index in [1.54, 1.807) is 31.2 Å². The average molecular weight is 231 g/mol. The van der Waals surface area contributed by atoms with Crippen LogP contribution in [0.3, 0.4) is 0 Å². The van der Waals surface area contributed by atoms with Gasteiger partial charge in [0.05, 0.1) is 0 Å². The minimum absolute atomic E-state index is 0.352. The monoisotopic (exact) mass is 231 g/mol. The molecule has 86 valence electrons. The van der Waals surface area contributed by atoms with Gasteiger partial charge in [0.25, 0.3) is 0 Å². The lowest BCUT2D eigenvalue weighted by Crippen LogP contribution is -2.07. The van der Waals surface area contributed by atoms with Gasteiger partial charge in [0.2, 0.25) is 5.82 Å². The van der Waals surface area contributed by atoms with Crippen molar-refractivity contribution in [3.63, 3.8) is 0 Å². The number of aryl methyl sites for hydroxylation is 1. The number of hydrogen-bond acceptors (Lipinski definition) is 5. The number of carbonyl (C=O) groups is 1. The van der Waals surface area contributed by atoms with Crippen molar-refractivity contribution >= 4 is 11.8 Å². The topological polar surface area (TPSA) is 101 Å². The van der Waals surface area contributed by atoms with Crippen molar-refractivity contribution in [2.24, 2.45) is 0 Å². The maximum atomic E-state index is 10.5. The van der Waals surface area contributed by atoms with Crippen molar-refractivity contribution in [2.75, 3.05) is 5.32 Å². The summed E-state index contributed by atoms with van der Waals surface area (Å²) in [6, 6.07) is 6.69. The van der Waals surface area contributed by atoms with E-state index in [4.69, 9.17) is 5.11 Å². The zero-order valence-corrected chi connectivity index (χ0v) is 8.95. The molecular weight excluding hydrogens is 222 g/mol. The molecule has 2 N–H and O–H groups in total. The summed E-state index contributed by atoms with van der Waals surface area (Å²) in [5.74, 6) is 0.832. The van der Waals surface area contributed by atoms with Crippen LogP contribution in [0.4, 0.5) is 10.5 Å². The number of carboxylic acid groups (broad SMARTS) is 1. The first kappa shape index (κ1) is 10.9. The fourth-order valence-corrected chi connectivity index (χ4v) is 1.25. The van der Waals surface area contributed by atoms with E-state index < -0.39 is 6.09 Å². The van der Waals surface area contributed by atoms with E-state index in [-0.39, 0.29) is 0 Å². The fraction of sp³-hybridized carbons (Fsp3) is 0.100. The van der Waals surface area contributed by atoms with Crippen molar-refractivity contribution < 1.29 is 9.90 Å². The van der Waals surface area contributed by atoms with Crippen molar-refractivity contribution in [1.82, 2.24) is 20.4 Å². The zero-order valence-electron chi connectivity index (χ0n) is 8.95. The quantitative estimate of drug-likeness (QED) is 0.808. The molecule has 0 radical (unpaired) electrons. The lowest BCUT2D eigenvalue weighted by molar-refractivity contribution is 0.210. The number of nitrogens with one attached hydrogen (secondary N) is 1.